The first-order valence-electron chi connectivity index (χ1n) is 4.58. The second-order valence-electron chi connectivity index (χ2n) is 3.22. The fourth-order valence-electron chi connectivity index (χ4n) is 1.18. The Labute approximate surface area is 87.1 Å². The van der Waals surface area contributed by atoms with Crippen LogP contribution in [0, 0.1) is 6.92 Å². The number of phenols is 1. The number of hydrogen-bond donors (Lipinski definition) is 1. The van der Waals surface area contributed by atoms with Crippen LogP contribution in [0.3, 0.4) is 0 Å². The molecule has 0 saturated carbocycles. The number of nitrogens with zero attached hydrogens (tertiary/aromatic N) is 1. The lowest BCUT2D eigenvalue weighted by Gasteiger charge is -2.02. The molecule has 0 fully saturated rings. The summed E-state index contributed by atoms with van der Waals surface area (Å²) in [6.07, 6.45) is 0. The highest BCUT2D eigenvalue weighted by atomic mass is 16.5. The van der Waals surface area contributed by atoms with Gasteiger partial charge in [-0.05, 0) is 31.2 Å². The molecule has 0 aliphatic carbocycles. The molecule has 1 heterocycles. The summed E-state index contributed by atoms with van der Waals surface area (Å²) in [4.78, 5) is 0. The van der Waals surface area contributed by atoms with Crippen molar-refractivity contribution in [3.63, 3.8) is 0 Å². The molecule has 0 aliphatic rings. The number of aryl methyl sites for hydroxylation is 1. The van der Waals surface area contributed by atoms with Crippen molar-refractivity contribution in [3.05, 3.63) is 41.8 Å². The van der Waals surface area contributed by atoms with Gasteiger partial charge < -0.3 is 14.4 Å². The summed E-state index contributed by atoms with van der Waals surface area (Å²) in [5.74, 6) is 1.58. The molecule has 15 heavy (non-hydrogen) atoms. The monoisotopic (exact) mass is 205 g/mol. The summed E-state index contributed by atoms with van der Waals surface area (Å²) in [6.45, 7) is 2.19. The largest absolute Gasteiger partial charge is 0.508 e. The highest BCUT2D eigenvalue weighted by molar-refractivity contribution is 5.30. The zero-order valence-electron chi connectivity index (χ0n) is 8.30. The number of aromatic nitrogens is 1. The standard InChI is InChI=1S/C11H11NO3/c1-8-6-11(15-12-8)7-14-10-4-2-9(13)3-5-10/h2-6,13H,7H2,1H3. The Morgan fingerprint density at radius 1 is 1.33 bits per heavy atom. The lowest BCUT2D eigenvalue weighted by atomic mass is 10.3. The van der Waals surface area contributed by atoms with Gasteiger partial charge in [0.05, 0.1) is 5.69 Å². The summed E-state index contributed by atoms with van der Waals surface area (Å²) < 4.78 is 10.4. The van der Waals surface area contributed by atoms with Gasteiger partial charge in [-0.15, -0.1) is 0 Å². The zero-order valence-corrected chi connectivity index (χ0v) is 8.30. The summed E-state index contributed by atoms with van der Waals surface area (Å²) in [5, 5.41) is 12.8. The maximum absolute atomic E-state index is 9.06. The maximum Gasteiger partial charge on any atom is 0.174 e. The first-order valence-corrected chi connectivity index (χ1v) is 4.58. The summed E-state index contributed by atoms with van der Waals surface area (Å²) >= 11 is 0. The van der Waals surface area contributed by atoms with Crippen LogP contribution in [0.1, 0.15) is 11.5 Å². The van der Waals surface area contributed by atoms with Crippen molar-refractivity contribution in [2.75, 3.05) is 0 Å². The first kappa shape index (κ1) is 9.58. The average molecular weight is 205 g/mol. The quantitative estimate of drug-likeness (QED) is 0.835. The minimum Gasteiger partial charge on any atom is -0.508 e. The van der Waals surface area contributed by atoms with Gasteiger partial charge in [0.15, 0.2) is 5.76 Å². The fraction of sp³-hybridized carbons (Fsp3) is 0.182. The molecule has 0 spiro atoms. The van der Waals surface area contributed by atoms with Crippen molar-refractivity contribution < 1.29 is 14.4 Å². The van der Waals surface area contributed by atoms with E-state index in [0.717, 1.165) is 5.69 Å². The summed E-state index contributed by atoms with van der Waals surface area (Å²) in [7, 11) is 0. The normalized spacial score (nSPS) is 10.2. The number of benzene rings is 1. The van der Waals surface area contributed by atoms with Crippen LogP contribution in [-0.2, 0) is 6.61 Å². The molecule has 0 bridgehead atoms. The van der Waals surface area contributed by atoms with Crippen LogP contribution < -0.4 is 4.74 Å². The fourth-order valence-corrected chi connectivity index (χ4v) is 1.18. The number of aromatic hydroxyl groups is 1. The third kappa shape index (κ3) is 2.49. The van der Waals surface area contributed by atoms with Crippen molar-refractivity contribution in [1.82, 2.24) is 5.16 Å². The van der Waals surface area contributed by atoms with Gasteiger partial charge in [0.2, 0.25) is 0 Å². The van der Waals surface area contributed by atoms with Gasteiger partial charge in [-0.25, -0.2) is 0 Å². The third-order valence-electron chi connectivity index (χ3n) is 1.89. The van der Waals surface area contributed by atoms with Crippen molar-refractivity contribution in [1.29, 1.82) is 0 Å². The lowest BCUT2D eigenvalue weighted by Crippen LogP contribution is -1.92. The predicted octanol–water partition coefficient (Wildman–Crippen LogP) is 2.27. The van der Waals surface area contributed by atoms with Crippen LogP contribution in [0.25, 0.3) is 0 Å². The third-order valence-corrected chi connectivity index (χ3v) is 1.89. The van der Waals surface area contributed by atoms with E-state index in [4.69, 9.17) is 14.4 Å². The zero-order chi connectivity index (χ0) is 10.7. The van der Waals surface area contributed by atoms with Crippen molar-refractivity contribution in [3.8, 4) is 11.5 Å². The van der Waals surface area contributed by atoms with Crippen molar-refractivity contribution in [2.24, 2.45) is 0 Å². The molecular formula is C11H11NO3. The maximum atomic E-state index is 9.06. The van der Waals surface area contributed by atoms with Crippen LogP contribution in [0.5, 0.6) is 11.5 Å². The first-order chi connectivity index (χ1) is 7.24. The predicted molar refractivity (Wildman–Crippen MR) is 53.7 cm³/mol. The SMILES string of the molecule is Cc1cc(COc2ccc(O)cc2)on1. The molecule has 0 saturated heterocycles. The molecule has 0 radical (unpaired) electrons. The Morgan fingerprint density at radius 2 is 2.07 bits per heavy atom. The van der Waals surface area contributed by atoms with E-state index in [9.17, 15) is 0 Å². The smallest absolute Gasteiger partial charge is 0.174 e. The Morgan fingerprint density at radius 3 is 2.67 bits per heavy atom. The number of phenolic OH excluding ortho intramolecular Hbond substituents is 1. The van der Waals surface area contributed by atoms with Gasteiger partial charge in [-0.1, -0.05) is 5.16 Å². The second kappa shape index (κ2) is 4.04. The van der Waals surface area contributed by atoms with E-state index in [-0.39, 0.29) is 5.75 Å². The topological polar surface area (TPSA) is 55.5 Å². The van der Waals surface area contributed by atoms with E-state index in [1.807, 2.05) is 13.0 Å². The van der Waals surface area contributed by atoms with Gasteiger partial charge in [-0.3, -0.25) is 0 Å². The molecule has 2 rings (SSSR count). The molecule has 1 aromatic heterocycles. The van der Waals surface area contributed by atoms with Crippen molar-refractivity contribution in [2.45, 2.75) is 13.5 Å². The Bertz CT molecular complexity index is 433. The van der Waals surface area contributed by atoms with Gasteiger partial charge in [0.25, 0.3) is 0 Å². The molecule has 0 aliphatic heterocycles. The van der Waals surface area contributed by atoms with Crippen molar-refractivity contribution >= 4 is 0 Å². The Hall–Kier alpha value is -1.97. The Balaban J connectivity index is 1.96. The van der Waals surface area contributed by atoms with Crippen LogP contribution in [-0.4, -0.2) is 10.3 Å². The highest BCUT2D eigenvalue weighted by Crippen LogP contribution is 2.17. The van der Waals surface area contributed by atoms with Gasteiger partial charge in [0, 0.05) is 6.07 Å². The van der Waals surface area contributed by atoms with Crippen LogP contribution in [0.15, 0.2) is 34.9 Å². The molecular weight excluding hydrogens is 194 g/mol. The Kier molecular flexibility index (Phi) is 2.58. The van der Waals surface area contributed by atoms with E-state index in [1.54, 1.807) is 24.3 Å². The minimum absolute atomic E-state index is 0.220. The van der Waals surface area contributed by atoms with E-state index in [0.29, 0.717) is 18.1 Å². The molecule has 4 nitrogen and oxygen atoms in total. The molecule has 0 atom stereocenters. The molecule has 4 heteroatoms. The van der Waals surface area contributed by atoms with Gasteiger partial charge in [-0.2, -0.15) is 0 Å². The number of rotatable bonds is 3. The van der Waals surface area contributed by atoms with E-state index in [1.165, 1.54) is 0 Å². The second-order valence-corrected chi connectivity index (χ2v) is 3.22. The van der Waals surface area contributed by atoms with E-state index in [2.05, 4.69) is 5.16 Å². The number of ether oxygens (including phenoxy) is 1. The molecule has 0 unspecified atom stereocenters. The molecule has 78 valence electrons. The lowest BCUT2D eigenvalue weighted by molar-refractivity contribution is 0.248. The molecule has 2 aromatic rings. The molecule has 0 amide bonds. The average Bonchev–Trinajstić information content (AvgIpc) is 2.64. The van der Waals surface area contributed by atoms with E-state index < -0.39 is 0 Å². The summed E-state index contributed by atoms with van der Waals surface area (Å²) in [5.41, 5.74) is 0.833. The molecule has 1 aromatic carbocycles. The van der Waals surface area contributed by atoms with Gasteiger partial charge in [0.1, 0.15) is 18.1 Å². The van der Waals surface area contributed by atoms with Crippen LogP contribution in [0.2, 0.25) is 0 Å². The van der Waals surface area contributed by atoms with Crippen LogP contribution >= 0.6 is 0 Å². The van der Waals surface area contributed by atoms with E-state index >= 15 is 0 Å². The molecule has 1 N–H and O–H groups in total. The van der Waals surface area contributed by atoms with Crippen LogP contribution in [0.4, 0.5) is 0 Å². The van der Waals surface area contributed by atoms with Gasteiger partial charge >= 0.3 is 0 Å². The number of hydrogen-bond acceptors (Lipinski definition) is 4. The highest BCUT2D eigenvalue weighted by Gasteiger charge is 2.01. The summed E-state index contributed by atoms with van der Waals surface area (Å²) in [6, 6.07) is 8.35. The minimum atomic E-state index is 0.220.